The molecule has 0 fully saturated rings. The maximum Gasteiger partial charge on any atom is 0.306 e. The van der Waals surface area contributed by atoms with Crippen LogP contribution in [-0.4, -0.2) is 40.8 Å². The Morgan fingerprint density at radius 1 is 0.443 bits per heavy atom. The summed E-state index contributed by atoms with van der Waals surface area (Å²) < 4.78 is 20.1. The van der Waals surface area contributed by atoms with Gasteiger partial charge in [-0.3, -0.25) is 4.79 Å². The zero-order valence-corrected chi connectivity index (χ0v) is 46.1. The first-order valence-corrected chi connectivity index (χ1v) is 28.8. The molecule has 9 aromatic carbocycles. The first-order valence-electron chi connectivity index (χ1n) is 26.4. The lowest BCUT2D eigenvalue weighted by molar-refractivity contribution is -0.144. The van der Waals surface area contributed by atoms with Gasteiger partial charge in [-0.1, -0.05) is 133 Å². The lowest BCUT2D eigenvalue weighted by atomic mass is 10.0. The van der Waals surface area contributed by atoms with Crippen LogP contribution in [0.4, 0.5) is 34.1 Å². The van der Waals surface area contributed by atoms with E-state index in [1.54, 1.807) is 36.7 Å². The summed E-state index contributed by atoms with van der Waals surface area (Å²) in [5.41, 5.74) is 14.8. The minimum absolute atomic E-state index is 0.200. The number of methoxy groups -OCH3 is 1. The lowest BCUT2D eigenvalue weighted by Gasteiger charge is -2.27. The molecule has 0 saturated carbocycles. The van der Waals surface area contributed by atoms with Crippen molar-refractivity contribution in [3.05, 3.63) is 230 Å². The highest BCUT2D eigenvalue weighted by Gasteiger charge is 2.21. The first kappa shape index (κ1) is 51.2. The lowest BCUT2D eigenvalue weighted by Crippen LogP contribution is -2.11. The Balaban J connectivity index is 0.785. The number of ketones is 1. The maximum atomic E-state index is 12.3. The fourth-order valence-corrected chi connectivity index (χ4v) is 12.9. The summed E-state index contributed by atoms with van der Waals surface area (Å²) in [7, 11) is 1.59. The predicted molar refractivity (Wildman–Crippen MR) is 329 cm³/mol. The summed E-state index contributed by atoms with van der Waals surface area (Å²) in [6.45, 7) is 2.30. The van der Waals surface area contributed by atoms with Crippen LogP contribution in [0.2, 0.25) is 0 Å². The van der Waals surface area contributed by atoms with E-state index in [9.17, 15) is 9.59 Å². The summed E-state index contributed by atoms with van der Waals surface area (Å²) >= 11 is 4.78. The van der Waals surface area contributed by atoms with Gasteiger partial charge in [-0.15, -0.1) is 22.7 Å². The van der Waals surface area contributed by atoms with Gasteiger partial charge in [0.15, 0.2) is 0 Å². The van der Waals surface area contributed by atoms with Crippen molar-refractivity contribution in [2.24, 2.45) is 0 Å². The van der Waals surface area contributed by atoms with Crippen molar-refractivity contribution in [1.82, 2.24) is 8.75 Å². The number of Topliss-reactive ketones (excluding diaryl/α,β-unsaturated/α-hetero) is 1. The van der Waals surface area contributed by atoms with Gasteiger partial charge < -0.3 is 24.1 Å². The molecule has 0 atom stereocenters. The van der Waals surface area contributed by atoms with Crippen molar-refractivity contribution in [2.45, 2.75) is 32.6 Å². The Morgan fingerprint density at radius 2 is 0.861 bits per heavy atom. The average Bonchev–Trinajstić information content (AvgIpc) is 4.37. The highest BCUT2D eigenvalue weighted by atomic mass is 32.1. The number of thiophene rings is 2. The minimum atomic E-state index is -0.226. The fourth-order valence-electron chi connectivity index (χ4n) is 10.3. The van der Waals surface area contributed by atoms with Gasteiger partial charge in [0, 0.05) is 84.1 Å². The van der Waals surface area contributed by atoms with Crippen LogP contribution >= 0.6 is 34.4 Å². The summed E-state index contributed by atoms with van der Waals surface area (Å²) in [5, 5.41) is 4.67. The third-order valence-corrected chi connectivity index (χ3v) is 17.2. The molecule has 0 aliphatic heterocycles. The zero-order chi connectivity index (χ0) is 53.7. The number of hydrogen-bond donors (Lipinski definition) is 0. The normalized spacial score (nSPS) is 11.4. The first-order chi connectivity index (χ1) is 38.8. The summed E-state index contributed by atoms with van der Waals surface area (Å²) in [6, 6.07) is 77.8. The van der Waals surface area contributed by atoms with Crippen LogP contribution in [0, 0.1) is 0 Å². The third-order valence-electron chi connectivity index (χ3n) is 14.3. The number of rotatable bonds is 19. The van der Waals surface area contributed by atoms with Crippen molar-refractivity contribution in [3.63, 3.8) is 0 Å². The number of esters is 1. The van der Waals surface area contributed by atoms with Gasteiger partial charge >= 0.3 is 5.97 Å². The van der Waals surface area contributed by atoms with Crippen molar-refractivity contribution in [3.8, 4) is 41.8 Å². The van der Waals surface area contributed by atoms with Gasteiger partial charge in [0.25, 0.3) is 0 Å². The molecule has 0 spiro atoms. The van der Waals surface area contributed by atoms with E-state index >= 15 is 0 Å². The zero-order valence-electron chi connectivity index (χ0n) is 43.7. The van der Waals surface area contributed by atoms with Crippen molar-refractivity contribution < 1.29 is 19.1 Å². The number of hydrogen-bond acceptors (Lipinski definition) is 11. The van der Waals surface area contributed by atoms with E-state index in [0.717, 1.165) is 105 Å². The Hall–Kier alpha value is -8.58. The Morgan fingerprint density at radius 3 is 1.32 bits per heavy atom. The van der Waals surface area contributed by atoms with Gasteiger partial charge in [-0.25, -0.2) is 0 Å². The molecule has 388 valence electrons. The molecule has 0 bridgehead atoms. The number of benzene rings is 9. The number of aryl methyl sites for hydroxylation is 2. The molecule has 12 rings (SSSR count). The quantitative estimate of drug-likeness (QED) is 0.0585. The van der Waals surface area contributed by atoms with Gasteiger partial charge in [-0.05, 0) is 138 Å². The van der Waals surface area contributed by atoms with Crippen LogP contribution in [0.25, 0.3) is 74.3 Å². The monoisotopic (exact) mass is 1090 g/mol. The van der Waals surface area contributed by atoms with Crippen LogP contribution in [0.3, 0.4) is 0 Å². The number of aromatic nitrogens is 2. The number of carbonyl (C=O) groups is 2. The summed E-state index contributed by atoms with van der Waals surface area (Å²) in [4.78, 5) is 33.3. The number of nitrogens with zero attached hydrogens (tertiary/aromatic N) is 4. The van der Waals surface area contributed by atoms with Crippen LogP contribution < -0.4 is 9.80 Å². The number of ether oxygens (including phenoxy) is 2. The molecule has 3 heterocycles. The van der Waals surface area contributed by atoms with Crippen LogP contribution in [-0.2, 0) is 31.9 Å². The van der Waals surface area contributed by atoms with E-state index in [4.69, 9.17) is 18.2 Å². The molecule has 0 aliphatic carbocycles. The molecule has 79 heavy (non-hydrogen) atoms. The molecule has 8 nitrogen and oxygen atoms in total. The molecule has 0 saturated heterocycles. The van der Waals surface area contributed by atoms with E-state index in [-0.39, 0.29) is 18.4 Å². The van der Waals surface area contributed by atoms with Crippen molar-refractivity contribution in [2.75, 3.05) is 30.1 Å². The SMILES string of the molecule is COCCOC(=O)CCc1ccc(N(c2ccc(-c3ccc(-c4ccc(-c5ccc(-c6ccc(N(c7ccc(CCC(C)=O)cc7)c7cccc8ccccc78)cc6)s5)c5nsnc45)s3)cc2)c2cccc3ccccc23)cc1. The highest BCUT2D eigenvalue weighted by molar-refractivity contribution is 7.19. The van der Waals surface area contributed by atoms with E-state index in [2.05, 4.69) is 228 Å². The maximum absolute atomic E-state index is 12.3. The molecule has 0 amide bonds. The summed E-state index contributed by atoms with van der Waals surface area (Å²) in [6.07, 6.45) is 2.18. The Labute approximate surface area is 471 Å². The molecular weight excluding hydrogens is 1030 g/mol. The van der Waals surface area contributed by atoms with Gasteiger partial charge in [0.2, 0.25) is 0 Å². The van der Waals surface area contributed by atoms with E-state index in [1.807, 2.05) is 0 Å². The summed E-state index contributed by atoms with van der Waals surface area (Å²) in [5.74, 6) is -0.0261. The average molecular weight is 1090 g/mol. The second kappa shape index (κ2) is 23.2. The number of carbonyl (C=O) groups excluding carboxylic acids is 2. The number of fused-ring (bicyclic) bond motifs is 3. The Kier molecular flexibility index (Phi) is 15.0. The molecular formula is C68H54N4O4S3. The minimum Gasteiger partial charge on any atom is -0.463 e. The molecule has 12 aromatic rings. The van der Waals surface area contributed by atoms with E-state index in [0.29, 0.717) is 25.9 Å². The largest absolute Gasteiger partial charge is 0.463 e. The highest BCUT2D eigenvalue weighted by Crippen LogP contribution is 2.45. The Bertz CT molecular complexity index is 4100. The molecule has 0 radical (unpaired) electrons. The predicted octanol–water partition coefficient (Wildman–Crippen LogP) is 18.4. The van der Waals surface area contributed by atoms with E-state index in [1.165, 1.54) is 32.8 Å². The third kappa shape index (κ3) is 11.0. The van der Waals surface area contributed by atoms with Crippen LogP contribution in [0.15, 0.2) is 218 Å². The second-order valence-corrected chi connectivity index (χ2v) is 22.2. The van der Waals surface area contributed by atoms with E-state index < -0.39 is 0 Å². The molecule has 0 unspecified atom stereocenters. The molecule has 3 aromatic heterocycles. The second-order valence-electron chi connectivity index (χ2n) is 19.5. The van der Waals surface area contributed by atoms with Crippen molar-refractivity contribution in [1.29, 1.82) is 0 Å². The smallest absolute Gasteiger partial charge is 0.306 e. The van der Waals surface area contributed by atoms with Gasteiger partial charge in [0.05, 0.1) is 29.7 Å². The van der Waals surface area contributed by atoms with Crippen molar-refractivity contribution >= 4 is 113 Å². The van der Waals surface area contributed by atoms with Crippen LogP contribution in [0.5, 0.6) is 0 Å². The number of anilines is 6. The fraction of sp³-hybridized carbons (Fsp3) is 0.118. The molecule has 0 N–H and O–H groups in total. The topological polar surface area (TPSA) is 84.9 Å². The van der Waals surface area contributed by atoms with Gasteiger partial charge in [0.1, 0.15) is 23.4 Å². The van der Waals surface area contributed by atoms with Crippen LogP contribution in [0.1, 0.15) is 30.9 Å². The van der Waals surface area contributed by atoms with Gasteiger partial charge in [-0.2, -0.15) is 8.75 Å². The standard InChI is InChI=1S/C68H54N4O4S3/c1-45(73)17-18-46-19-28-52(29-20-46)71(60-15-7-11-48-9-3-5-13-56(48)60)54-32-24-50(25-33-54)62-38-40-64(77-62)58-36-37-59(68-67(58)69-79-70-68)65-41-39-63(78-65)51-26-34-55(35-27-51)72(61-16-8-12-49-10-4-6-14-57(49)61)53-30-21-47(22-31-53)23-42-66(74)76-44-43-75-2/h3-16,19-22,24-41H,17-18,23,42-44H2,1-2H3. The molecule has 0 aliphatic rings. The molecule has 11 heteroatoms.